The molecule has 0 amide bonds. The maximum absolute atomic E-state index is 4.55. The van der Waals surface area contributed by atoms with Crippen LogP contribution in [-0.4, -0.2) is 4.98 Å². The molecule has 0 saturated heterocycles. The zero-order valence-electron chi connectivity index (χ0n) is 10.4. The molecule has 90 valence electrons. The van der Waals surface area contributed by atoms with Crippen LogP contribution in [0.3, 0.4) is 0 Å². The average Bonchev–Trinajstić information content (AvgIpc) is 2.27. The van der Waals surface area contributed by atoms with E-state index in [2.05, 4.69) is 17.1 Å². The van der Waals surface area contributed by atoms with Crippen molar-refractivity contribution in [2.75, 3.05) is 0 Å². The molecule has 1 aromatic heterocycles. The minimum atomic E-state index is 0.642. The van der Waals surface area contributed by atoms with Crippen molar-refractivity contribution in [3.8, 4) is 0 Å². The van der Waals surface area contributed by atoms with Gasteiger partial charge < -0.3 is 0 Å². The molecule has 4 aliphatic carbocycles. The fourth-order valence-electron chi connectivity index (χ4n) is 5.39. The van der Waals surface area contributed by atoms with E-state index in [0.717, 1.165) is 17.8 Å². The largest absolute Gasteiger partial charge is 0.261 e. The Hall–Kier alpha value is -0.850. The van der Waals surface area contributed by atoms with Gasteiger partial charge in [0, 0.05) is 11.9 Å². The molecular formula is C16H21N. The Labute approximate surface area is 104 Å². The molecule has 4 bridgehead atoms. The number of aromatic nitrogens is 1. The van der Waals surface area contributed by atoms with Gasteiger partial charge in [0.05, 0.1) is 0 Å². The Bertz CT molecular complexity index is 374. The third kappa shape index (κ3) is 1.71. The van der Waals surface area contributed by atoms with E-state index in [0.29, 0.717) is 5.41 Å². The van der Waals surface area contributed by atoms with Gasteiger partial charge in [0.15, 0.2) is 0 Å². The van der Waals surface area contributed by atoms with E-state index in [1.54, 1.807) is 19.3 Å². The number of pyridine rings is 1. The highest BCUT2D eigenvalue weighted by Crippen LogP contribution is 2.60. The Morgan fingerprint density at radius 1 is 1.00 bits per heavy atom. The Balaban J connectivity index is 1.61. The summed E-state index contributed by atoms with van der Waals surface area (Å²) >= 11 is 0. The molecule has 0 radical (unpaired) electrons. The molecule has 4 fully saturated rings. The third-order valence-electron chi connectivity index (χ3n) is 5.45. The Morgan fingerprint density at radius 3 is 2.18 bits per heavy atom. The molecule has 0 aliphatic heterocycles. The topological polar surface area (TPSA) is 12.9 Å². The highest BCUT2D eigenvalue weighted by molar-refractivity contribution is 5.11. The first-order valence-corrected chi connectivity index (χ1v) is 7.21. The standard InChI is InChI=1S/C16H21N/c1-2-4-17-15(3-1)11-16-8-12-5-13(9-16)7-14(6-12)10-16/h1-4,12-14H,5-11H2. The van der Waals surface area contributed by atoms with Crippen molar-refractivity contribution in [1.29, 1.82) is 0 Å². The molecule has 0 spiro atoms. The van der Waals surface area contributed by atoms with Crippen molar-refractivity contribution >= 4 is 0 Å². The average molecular weight is 227 g/mol. The first kappa shape index (κ1) is 10.1. The van der Waals surface area contributed by atoms with Crippen molar-refractivity contribution in [2.24, 2.45) is 23.2 Å². The molecular weight excluding hydrogens is 206 g/mol. The summed E-state index contributed by atoms with van der Waals surface area (Å²) in [4.78, 5) is 4.55. The molecule has 0 N–H and O–H groups in total. The molecule has 5 rings (SSSR count). The normalized spacial score (nSPS) is 42.9. The summed E-state index contributed by atoms with van der Waals surface area (Å²) in [5.74, 6) is 3.18. The maximum atomic E-state index is 4.55. The highest BCUT2D eigenvalue weighted by Gasteiger charge is 2.50. The Kier molecular flexibility index (Phi) is 2.12. The van der Waals surface area contributed by atoms with Crippen LogP contribution in [0, 0.1) is 23.2 Å². The monoisotopic (exact) mass is 227 g/mol. The van der Waals surface area contributed by atoms with Crippen LogP contribution in [0.1, 0.15) is 44.2 Å². The third-order valence-corrected chi connectivity index (χ3v) is 5.45. The molecule has 0 atom stereocenters. The lowest BCUT2D eigenvalue weighted by molar-refractivity contribution is -0.0526. The zero-order valence-corrected chi connectivity index (χ0v) is 10.4. The van der Waals surface area contributed by atoms with Crippen molar-refractivity contribution in [3.05, 3.63) is 30.1 Å². The highest BCUT2D eigenvalue weighted by atomic mass is 14.7. The van der Waals surface area contributed by atoms with Gasteiger partial charge in [-0.1, -0.05) is 6.07 Å². The fraction of sp³-hybridized carbons (Fsp3) is 0.688. The molecule has 17 heavy (non-hydrogen) atoms. The second-order valence-electron chi connectivity index (χ2n) is 6.92. The SMILES string of the molecule is c1ccc(CC23CC4CC(CC(C4)C2)C3)nc1. The van der Waals surface area contributed by atoms with E-state index in [1.165, 1.54) is 31.4 Å². The summed E-state index contributed by atoms with van der Waals surface area (Å²) in [6.07, 6.45) is 12.3. The minimum Gasteiger partial charge on any atom is -0.261 e. The van der Waals surface area contributed by atoms with Crippen LogP contribution >= 0.6 is 0 Å². The molecule has 1 aromatic rings. The predicted molar refractivity (Wildman–Crippen MR) is 68.5 cm³/mol. The van der Waals surface area contributed by atoms with Gasteiger partial charge in [-0.05, 0) is 80.2 Å². The van der Waals surface area contributed by atoms with Crippen molar-refractivity contribution < 1.29 is 0 Å². The summed E-state index contributed by atoms with van der Waals surface area (Å²) < 4.78 is 0. The van der Waals surface area contributed by atoms with E-state index in [1.807, 2.05) is 12.3 Å². The van der Waals surface area contributed by atoms with E-state index in [4.69, 9.17) is 0 Å². The van der Waals surface area contributed by atoms with Crippen molar-refractivity contribution in [3.63, 3.8) is 0 Å². The van der Waals surface area contributed by atoms with E-state index < -0.39 is 0 Å². The van der Waals surface area contributed by atoms with Gasteiger partial charge in [-0.25, -0.2) is 0 Å². The van der Waals surface area contributed by atoms with Gasteiger partial charge in [0.2, 0.25) is 0 Å². The van der Waals surface area contributed by atoms with Crippen LogP contribution in [0.2, 0.25) is 0 Å². The smallest absolute Gasteiger partial charge is 0.0409 e. The van der Waals surface area contributed by atoms with Crippen molar-refractivity contribution in [2.45, 2.75) is 44.9 Å². The summed E-state index contributed by atoms with van der Waals surface area (Å²) in [7, 11) is 0. The molecule has 1 nitrogen and oxygen atoms in total. The van der Waals surface area contributed by atoms with Crippen LogP contribution in [0.15, 0.2) is 24.4 Å². The lowest BCUT2D eigenvalue weighted by atomic mass is 9.48. The molecule has 4 saturated carbocycles. The number of nitrogens with zero attached hydrogens (tertiary/aromatic N) is 1. The van der Waals surface area contributed by atoms with Crippen LogP contribution in [-0.2, 0) is 6.42 Å². The Morgan fingerprint density at radius 2 is 1.65 bits per heavy atom. The lowest BCUT2D eigenvalue weighted by Crippen LogP contribution is -2.47. The van der Waals surface area contributed by atoms with Crippen LogP contribution < -0.4 is 0 Å². The van der Waals surface area contributed by atoms with Gasteiger partial charge >= 0.3 is 0 Å². The first-order chi connectivity index (χ1) is 8.31. The van der Waals surface area contributed by atoms with E-state index >= 15 is 0 Å². The van der Waals surface area contributed by atoms with Crippen LogP contribution in [0.4, 0.5) is 0 Å². The second kappa shape index (κ2) is 3.57. The van der Waals surface area contributed by atoms with E-state index in [-0.39, 0.29) is 0 Å². The van der Waals surface area contributed by atoms with Gasteiger partial charge in [-0.2, -0.15) is 0 Å². The second-order valence-corrected chi connectivity index (χ2v) is 6.92. The quantitative estimate of drug-likeness (QED) is 0.748. The van der Waals surface area contributed by atoms with E-state index in [9.17, 15) is 0 Å². The summed E-state index contributed by atoms with van der Waals surface area (Å²) in [5.41, 5.74) is 1.97. The molecule has 1 heteroatoms. The summed E-state index contributed by atoms with van der Waals surface area (Å²) in [6, 6.07) is 6.39. The van der Waals surface area contributed by atoms with Gasteiger partial charge in [0.1, 0.15) is 0 Å². The lowest BCUT2D eigenvalue weighted by Gasteiger charge is -2.57. The van der Waals surface area contributed by atoms with Gasteiger partial charge in [0.25, 0.3) is 0 Å². The van der Waals surface area contributed by atoms with Crippen LogP contribution in [0.25, 0.3) is 0 Å². The molecule has 0 unspecified atom stereocenters. The van der Waals surface area contributed by atoms with Crippen molar-refractivity contribution in [1.82, 2.24) is 4.98 Å². The first-order valence-electron chi connectivity index (χ1n) is 7.21. The fourth-order valence-corrected chi connectivity index (χ4v) is 5.39. The molecule has 0 aromatic carbocycles. The predicted octanol–water partition coefficient (Wildman–Crippen LogP) is 3.84. The minimum absolute atomic E-state index is 0.642. The maximum Gasteiger partial charge on any atom is 0.0409 e. The van der Waals surface area contributed by atoms with Gasteiger partial charge in [-0.15, -0.1) is 0 Å². The number of rotatable bonds is 2. The summed E-state index contributed by atoms with van der Waals surface area (Å²) in [6.45, 7) is 0. The number of hydrogen-bond acceptors (Lipinski definition) is 1. The molecule has 1 heterocycles. The van der Waals surface area contributed by atoms with Gasteiger partial charge in [-0.3, -0.25) is 4.98 Å². The zero-order chi connectivity index (χ0) is 11.3. The molecule has 4 aliphatic rings. The van der Waals surface area contributed by atoms with Crippen LogP contribution in [0.5, 0.6) is 0 Å². The number of hydrogen-bond donors (Lipinski definition) is 0. The summed E-state index contributed by atoms with van der Waals surface area (Å²) in [5, 5.41) is 0.